The van der Waals surface area contributed by atoms with Crippen molar-refractivity contribution in [2.45, 2.75) is 56.9 Å². The summed E-state index contributed by atoms with van der Waals surface area (Å²) in [6.45, 7) is 0. The highest BCUT2D eigenvalue weighted by Gasteiger charge is 2.28. The lowest BCUT2D eigenvalue weighted by Crippen LogP contribution is -2.14. The predicted octanol–water partition coefficient (Wildman–Crippen LogP) is 4.05. The highest BCUT2D eigenvalue weighted by molar-refractivity contribution is 5.48. The molecule has 1 fully saturated rings. The zero-order valence-electron chi connectivity index (χ0n) is 12.5. The van der Waals surface area contributed by atoms with E-state index in [9.17, 15) is 0 Å². The van der Waals surface area contributed by atoms with E-state index in [4.69, 9.17) is 5.73 Å². The van der Waals surface area contributed by atoms with Crippen LogP contribution in [0.4, 0.5) is 5.69 Å². The standard InChI is InChI=1S/C18H23N3/c19-15-7-8-16-14(10-15)6-9-17(16)21-12-20-11-18(21)13-4-2-1-3-5-13/h7-8,10-13,17H,1-6,9,19H2. The van der Waals surface area contributed by atoms with Crippen LogP contribution >= 0.6 is 0 Å². The van der Waals surface area contributed by atoms with E-state index in [1.54, 1.807) is 0 Å². The number of hydrogen-bond acceptors (Lipinski definition) is 2. The van der Waals surface area contributed by atoms with E-state index in [1.165, 1.54) is 55.3 Å². The molecule has 3 heteroatoms. The molecule has 0 aliphatic heterocycles. The van der Waals surface area contributed by atoms with Gasteiger partial charge in [0.1, 0.15) is 0 Å². The lowest BCUT2D eigenvalue weighted by molar-refractivity contribution is 0.414. The first kappa shape index (κ1) is 12.9. The second-order valence-corrected chi connectivity index (χ2v) is 6.57. The number of nitrogens with two attached hydrogens (primary N) is 1. The van der Waals surface area contributed by atoms with Crippen molar-refractivity contribution in [1.29, 1.82) is 0 Å². The Kier molecular flexibility index (Phi) is 3.21. The second kappa shape index (κ2) is 5.21. The van der Waals surface area contributed by atoms with Crippen molar-refractivity contribution in [3.63, 3.8) is 0 Å². The summed E-state index contributed by atoms with van der Waals surface area (Å²) in [6.07, 6.45) is 13.2. The molecule has 4 rings (SSSR count). The number of fused-ring (bicyclic) bond motifs is 1. The van der Waals surface area contributed by atoms with Gasteiger partial charge in [-0.05, 0) is 48.9 Å². The summed E-state index contributed by atoms with van der Waals surface area (Å²) in [5, 5.41) is 0. The SMILES string of the molecule is Nc1ccc2c(c1)CCC2n1cncc1C1CCCCC1. The molecule has 2 aromatic rings. The van der Waals surface area contributed by atoms with E-state index in [2.05, 4.69) is 27.9 Å². The Balaban J connectivity index is 1.68. The van der Waals surface area contributed by atoms with E-state index in [1.807, 2.05) is 12.4 Å². The van der Waals surface area contributed by atoms with Gasteiger partial charge in [-0.3, -0.25) is 0 Å². The molecular weight excluding hydrogens is 258 g/mol. The molecule has 2 aliphatic rings. The highest BCUT2D eigenvalue weighted by Crippen LogP contribution is 2.39. The molecule has 1 heterocycles. The third-order valence-corrected chi connectivity index (χ3v) is 5.27. The lowest BCUT2D eigenvalue weighted by atomic mass is 9.87. The van der Waals surface area contributed by atoms with Gasteiger partial charge in [-0.1, -0.05) is 25.3 Å². The van der Waals surface area contributed by atoms with Crippen LogP contribution in [0.1, 0.15) is 67.3 Å². The van der Waals surface area contributed by atoms with Crippen molar-refractivity contribution < 1.29 is 0 Å². The molecule has 21 heavy (non-hydrogen) atoms. The molecule has 1 atom stereocenters. The smallest absolute Gasteiger partial charge is 0.0954 e. The highest BCUT2D eigenvalue weighted by atomic mass is 15.1. The first-order valence-corrected chi connectivity index (χ1v) is 8.23. The minimum Gasteiger partial charge on any atom is -0.399 e. The third kappa shape index (κ3) is 2.25. The van der Waals surface area contributed by atoms with Gasteiger partial charge in [-0.15, -0.1) is 0 Å². The van der Waals surface area contributed by atoms with Gasteiger partial charge in [0.2, 0.25) is 0 Å². The van der Waals surface area contributed by atoms with E-state index >= 15 is 0 Å². The summed E-state index contributed by atoms with van der Waals surface area (Å²) < 4.78 is 2.44. The summed E-state index contributed by atoms with van der Waals surface area (Å²) in [5.41, 5.74) is 11.1. The Morgan fingerprint density at radius 3 is 2.81 bits per heavy atom. The number of rotatable bonds is 2. The zero-order valence-corrected chi connectivity index (χ0v) is 12.5. The molecule has 1 unspecified atom stereocenters. The van der Waals surface area contributed by atoms with Gasteiger partial charge >= 0.3 is 0 Å². The average molecular weight is 281 g/mol. The molecule has 0 saturated heterocycles. The van der Waals surface area contributed by atoms with E-state index < -0.39 is 0 Å². The number of anilines is 1. The largest absolute Gasteiger partial charge is 0.399 e. The average Bonchev–Trinajstić information content (AvgIpc) is 3.13. The van der Waals surface area contributed by atoms with Crippen molar-refractivity contribution in [3.8, 4) is 0 Å². The van der Waals surface area contributed by atoms with Crippen LogP contribution in [0.5, 0.6) is 0 Å². The summed E-state index contributed by atoms with van der Waals surface area (Å²) >= 11 is 0. The molecule has 2 N–H and O–H groups in total. The maximum Gasteiger partial charge on any atom is 0.0954 e. The maximum atomic E-state index is 5.92. The Hall–Kier alpha value is -1.77. The second-order valence-electron chi connectivity index (χ2n) is 6.57. The van der Waals surface area contributed by atoms with Crippen molar-refractivity contribution in [2.24, 2.45) is 0 Å². The lowest BCUT2D eigenvalue weighted by Gasteiger charge is -2.25. The van der Waals surface area contributed by atoms with Crippen LogP contribution in [0.25, 0.3) is 0 Å². The number of aryl methyl sites for hydroxylation is 1. The monoisotopic (exact) mass is 281 g/mol. The molecule has 1 aromatic carbocycles. The number of benzene rings is 1. The van der Waals surface area contributed by atoms with E-state index in [0.717, 1.165) is 12.1 Å². The molecule has 0 spiro atoms. The van der Waals surface area contributed by atoms with Gasteiger partial charge in [-0.25, -0.2) is 4.98 Å². The van der Waals surface area contributed by atoms with Crippen molar-refractivity contribution >= 4 is 5.69 Å². The van der Waals surface area contributed by atoms with Crippen LogP contribution in [-0.4, -0.2) is 9.55 Å². The van der Waals surface area contributed by atoms with Gasteiger partial charge in [0.05, 0.1) is 12.4 Å². The van der Waals surface area contributed by atoms with Crippen LogP contribution < -0.4 is 5.73 Å². The molecule has 110 valence electrons. The Morgan fingerprint density at radius 2 is 1.95 bits per heavy atom. The van der Waals surface area contributed by atoms with Crippen LogP contribution in [-0.2, 0) is 6.42 Å². The Labute approximate surface area is 126 Å². The number of imidazole rings is 1. The first-order chi connectivity index (χ1) is 10.3. The third-order valence-electron chi connectivity index (χ3n) is 5.27. The molecule has 1 saturated carbocycles. The topological polar surface area (TPSA) is 43.8 Å². The number of hydrogen-bond donors (Lipinski definition) is 1. The predicted molar refractivity (Wildman–Crippen MR) is 85.4 cm³/mol. The molecule has 2 aliphatic carbocycles. The minimum absolute atomic E-state index is 0.458. The maximum absolute atomic E-state index is 5.92. The number of aromatic nitrogens is 2. The normalized spacial score (nSPS) is 22.4. The fourth-order valence-corrected chi connectivity index (χ4v) is 4.19. The summed E-state index contributed by atoms with van der Waals surface area (Å²) in [6, 6.07) is 6.86. The first-order valence-electron chi connectivity index (χ1n) is 8.23. The van der Waals surface area contributed by atoms with Gasteiger partial charge < -0.3 is 10.3 Å². The van der Waals surface area contributed by atoms with Crippen molar-refractivity contribution in [2.75, 3.05) is 5.73 Å². The molecule has 1 aromatic heterocycles. The number of nitrogens with zero attached hydrogens (tertiary/aromatic N) is 2. The quantitative estimate of drug-likeness (QED) is 0.844. The van der Waals surface area contributed by atoms with Gasteiger partial charge in [0.15, 0.2) is 0 Å². The van der Waals surface area contributed by atoms with Crippen LogP contribution in [0, 0.1) is 0 Å². The summed E-state index contributed by atoms with van der Waals surface area (Å²) in [4.78, 5) is 4.47. The Morgan fingerprint density at radius 1 is 1.10 bits per heavy atom. The van der Waals surface area contributed by atoms with Crippen LogP contribution in [0.3, 0.4) is 0 Å². The summed E-state index contributed by atoms with van der Waals surface area (Å²) in [5.74, 6) is 0.707. The molecule has 0 radical (unpaired) electrons. The fourth-order valence-electron chi connectivity index (χ4n) is 4.19. The number of nitrogen functional groups attached to an aromatic ring is 1. The summed E-state index contributed by atoms with van der Waals surface area (Å²) in [7, 11) is 0. The molecule has 3 nitrogen and oxygen atoms in total. The zero-order chi connectivity index (χ0) is 14.2. The van der Waals surface area contributed by atoms with Gasteiger partial charge in [-0.2, -0.15) is 0 Å². The van der Waals surface area contributed by atoms with Gasteiger partial charge in [0.25, 0.3) is 0 Å². The fraction of sp³-hybridized carbons (Fsp3) is 0.500. The molecular formula is C18H23N3. The molecule has 0 bridgehead atoms. The Bertz CT molecular complexity index is 638. The van der Waals surface area contributed by atoms with Crippen molar-refractivity contribution in [3.05, 3.63) is 47.5 Å². The van der Waals surface area contributed by atoms with Gasteiger partial charge in [0, 0.05) is 23.5 Å². The van der Waals surface area contributed by atoms with Crippen LogP contribution in [0.2, 0.25) is 0 Å². The van der Waals surface area contributed by atoms with Crippen molar-refractivity contribution in [1.82, 2.24) is 9.55 Å². The van der Waals surface area contributed by atoms with E-state index in [-0.39, 0.29) is 0 Å². The van der Waals surface area contributed by atoms with E-state index in [0.29, 0.717) is 12.0 Å². The minimum atomic E-state index is 0.458. The van der Waals surface area contributed by atoms with Crippen LogP contribution in [0.15, 0.2) is 30.7 Å². The molecule has 0 amide bonds.